The lowest BCUT2D eigenvalue weighted by Crippen LogP contribution is -2.43. The minimum Gasteiger partial charge on any atom is -0.480 e. The molecule has 0 aliphatic heterocycles. The van der Waals surface area contributed by atoms with E-state index in [2.05, 4.69) is 5.32 Å². The van der Waals surface area contributed by atoms with Crippen LogP contribution in [0.15, 0.2) is 0 Å². The Morgan fingerprint density at radius 2 is 2.14 bits per heavy atom. The van der Waals surface area contributed by atoms with Crippen LogP contribution in [0.3, 0.4) is 0 Å². The van der Waals surface area contributed by atoms with Crippen LogP contribution in [0, 0.1) is 0 Å². The van der Waals surface area contributed by atoms with Crippen LogP contribution in [-0.2, 0) is 9.53 Å². The fourth-order valence-corrected chi connectivity index (χ4v) is 0.818. The number of hydrogen-bond acceptors (Lipinski definition) is 3. The Kier molecular flexibility index (Phi) is 6.03. The van der Waals surface area contributed by atoms with E-state index < -0.39 is 18.1 Å². The summed E-state index contributed by atoms with van der Waals surface area (Å²) in [5.74, 6) is -1.37. The lowest BCUT2D eigenvalue weighted by atomic mass is 10.3. The van der Waals surface area contributed by atoms with E-state index in [0.717, 1.165) is 0 Å². The number of halogens is 1. The van der Waals surface area contributed by atoms with Crippen LogP contribution >= 0.6 is 11.6 Å². The molecule has 1 amide bonds. The predicted molar refractivity (Wildman–Crippen MR) is 51.5 cm³/mol. The third kappa shape index (κ3) is 4.91. The van der Waals surface area contributed by atoms with Crippen LogP contribution in [0.1, 0.15) is 20.3 Å². The van der Waals surface area contributed by atoms with Crippen molar-refractivity contribution in [3.63, 3.8) is 0 Å². The highest BCUT2D eigenvalue weighted by Gasteiger charge is 2.19. The highest BCUT2D eigenvalue weighted by molar-refractivity contribution is 6.19. The maximum atomic E-state index is 11.0. The predicted octanol–water partition coefficient (Wildman–Crippen LogP) is 1.20. The van der Waals surface area contributed by atoms with Gasteiger partial charge in [0.15, 0.2) is 0 Å². The highest BCUT2D eigenvalue weighted by atomic mass is 35.5. The van der Waals surface area contributed by atoms with Gasteiger partial charge in [0.25, 0.3) is 0 Å². The molecule has 0 saturated carbocycles. The molecule has 6 heteroatoms. The minimum absolute atomic E-state index is 0.190. The topological polar surface area (TPSA) is 75.6 Å². The molecule has 14 heavy (non-hydrogen) atoms. The molecule has 0 aliphatic carbocycles. The quantitative estimate of drug-likeness (QED) is 0.687. The zero-order valence-corrected chi connectivity index (χ0v) is 8.87. The Bertz CT molecular complexity index is 210. The highest BCUT2D eigenvalue weighted by Crippen LogP contribution is 1.97. The third-order valence-electron chi connectivity index (χ3n) is 1.63. The Hall–Kier alpha value is -0.970. The second-order valence-electron chi connectivity index (χ2n) is 2.81. The van der Waals surface area contributed by atoms with Crippen molar-refractivity contribution in [3.8, 4) is 0 Å². The Labute approximate surface area is 87.4 Å². The lowest BCUT2D eigenvalue weighted by molar-refractivity contribution is -0.138. The number of alkyl halides is 1. The number of carboxylic acids is 1. The molecule has 0 aromatic rings. The summed E-state index contributed by atoms with van der Waals surface area (Å²) in [6.45, 7) is 3.57. The van der Waals surface area contributed by atoms with Gasteiger partial charge in [-0.2, -0.15) is 0 Å². The van der Waals surface area contributed by atoms with Crippen LogP contribution in [0.4, 0.5) is 4.79 Å². The van der Waals surface area contributed by atoms with Crippen LogP contribution in [0.2, 0.25) is 0 Å². The van der Waals surface area contributed by atoms with E-state index in [1.54, 1.807) is 6.92 Å². The number of nitrogens with one attached hydrogen (secondary N) is 1. The average Bonchev–Trinajstić information content (AvgIpc) is 2.13. The number of carboxylic acid groups (broad SMARTS) is 1. The maximum Gasteiger partial charge on any atom is 0.408 e. The second-order valence-corrected chi connectivity index (χ2v) is 3.12. The average molecular weight is 224 g/mol. The Morgan fingerprint density at radius 3 is 2.50 bits per heavy atom. The molecule has 82 valence electrons. The first-order chi connectivity index (χ1) is 6.51. The molecular formula is C8H14ClNO4. The Morgan fingerprint density at radius 1 is 1.57 bits per heavy atom. The van der Waals surface area contributed by atoms with Crippen molar-refractivity contribution >= 4 is 23.7 Å². The van der Waals surface area contributed by atoms with E-state index in [9.17, 15) is 9.59 Å². The summed E-state index contributed by atoms with van der Waals surface area (Å²) in [6, 6.07) is -1.10. The van der Waals surface area contributed by atoms with Crippen LogP contribution in [-0.4, -0.2) is 35.2 Å². The SMILES string of the molecule is CCC(C)OC(=O)NC(CCl)C(=O)O. The lowest BCUT2D eigenvalue weighted by Gasteiger charge is -2.14. The zero-order chi connectivity index (χ0) is 11.1. The molecule has 0 saturated heterocycles. The maximum absolute atomic E-state index is 11.0. The van der Waals surface area contributed by atoms with E-state index in [4.69, 9.17) is 21.4 Å². The van der Waals surface area contributed by atoms with Crippen LogP contribution < -0.4 is 5.32 Å². The van der Waals surface area contributed by atoms with E-state index in [1.165, 1.54) is 0 Å². The van der Waals surface area contributed by atoms with Crippen molar-refractivity contribution < 1.29 is 19.4 Å². The number of rotatable bonds is 5. The first kappa shape index (κ1) is 13.0. The summed E-state index contributed by atoms with van der Waals surface area (Å²) in [7, 11) is 0. The van der Waals surface area contributed by atoms with E-state index in [0.29, 0.717) is 6.42 Å². The molecular weight excluding hydrogens is 210 g/mol. The molecule has 2 atom stereocenters. The van der Waals surface area contributed by atoms with Gasteiger partial charge in [0.05, 0.1) is 5.88 Å². The van der Waals surface area contributed by atoms with E-state index in [-0.39, 0.29) is 12.0 Å². The summed E-state index contributed by atoms with van der Waals surface area (Å²) >= 11 is 5.33. The molecule has 0 aromatic heterocycles. The number of aliphatic carboxylic acids is 1. The standard InChI is InChI=1S/C8H14ClNO4/c1-3-5(2)14-8(13)10-6(4-9)7(11)12/h5-6H,3-4H2,1-2H3,(H,10,13)(H,11,12). The van der Waals surface area contributed by atoms with Gasteiger partial charge in [0.2, 0.25) is 0 Å². The van der Waals surface area contributed by atoms with Crippen molar-refractivity contribution in [1.82, 2.24) is 5.32 Å². The van der Waals surface area contributed by atoms with Crippen molar-refractivity contribution in [2.75, 3.05) is 5.88 Å². The largest absolute Gasteiger partial charge is 0.480 e. The van der Waals surface area contributed by atoms with E-state index in [1.807, 2.05) is 6.92 Å². The first-order valence-electron chi connectivity index (χ1n) is 4.27. The number of alkyl carbamates (subject to hydrolysis) is 1. The molecule has 2 unspecified atom stereocenters. The third-order valence-corrected chi connectivity index (χ3v) is 1.94. The Balaban J connectivity index is 3.97. The first-order valence-corrected chi connectivity index (χ1v) is 4.80. The van der Waals surface area contributed by atoms with Crippen molar-refractivity contribution in [2.45, 2.75) is 32.4 Å². The van der Waals surface area contributed by atoms with Crippen LogP contribution in [0.5, 0.6) is 0 Å². The molecule has 0 fully saturated rings. The molecule has 0 heterocycles. The summed E-state index contributed by atoms with van der Waals surface area (Å²) in [6.07, 6.45) is -0.321. The number of ether oxygens (including phenoxy) is 1. The number of carbonyl (C=O) groups is 2. The van der Waals surface area contributed by atoms with Crippen molar-refractivity contribution in [1.29, 1.82) is 0 Å². The normalized spacial score (nSPS) is 14.2. The fraction of sp³-hybridized carbons (Fsp3) is 0.750. The van der Waals surface area contributed by atoms with Gasteiger partial charge in [-0.05, 0) is 13.3 Å². The molecule has 2 N–H and O–H groups in total. The smallest absolute Gasteiger partial charge is 0.408 e. The molecule has 0 radical (unpaired) electrons. The van der Waals surface area contributed by atoms with E-state index >= 15 is 0 Å². The molecule has 0 bridgehead atoms. The molecule has 0 rings (SSSR count). The second kappa shape index (κ2) is 6.48. The minimum atomic E-state index is -1.18. The fourth-order valence-electron chi connectivity index (χ4n) is 0.609. The molecule has 0 spiro atoms. The van der Waals surface area contributed by atoms with Crippen LogP contribution in [0.25, 0.3) is 0 Å². The number of amides is 1. The number of carbonyl (C=O) groups excluding carboxylic acids is 1. The molecule has 0 aromatic carbocycles. The van der Waals surface area contributed by atoms with Gasteiger partial charge in [0.1, 0.15) is 12.1 Å². The number of hydrogen-bond donors (Lipinski definition) is 2. The van der Waals surface area contributed by atoms with Gasteiger partial charge < -0.3 is 15.2 Å². The summed E-state index contributed by atoms with van der Waals surface area (Å²) in [4.78, 5) is 21.5. The van der Waals surface area contributed by atoms with Gasteiger partial charge in [-0.1, -0.05) is 6.92 Å². The molecule has 5 nitrogen and oxygen atoms in total. The molecule has 0 aliphatic rings. The summed E-state index contributed by atoms with van der Waals surface area (Å²) in [5.41, 5.74) is 0. The van der Waals surface area contributed by atoms with Gasteiger partial charge in [-0.15, -0.1) is 11.6 Å². The zero-order valence-electron chi connectivity index (χ0n) is 8.12. The summed E-state index contributed by atoms with van der Waals surface area (Å²) in [5, 5.41) is 10.7. The van der Waals surface area contributed by atoms with Gasteiger partial charge in [-0.3, -0.25) is 0 Å². The monoisotopic (exact) mass is 223 g/mol. The van der Waals surface area contributed by atoms with Crippen molar-refractivity contribution in [3.05, 3.63) is 0 Å². The van der Waals surface area contributed by atoms with Crippen molar-refractivity contribution in [2.24, 2.45) is 0 Å². The van der Waals surface area contributed by atoms with Gasteiger partial charge >= 0.3 is 12.1 Å². The van der Waals surface area contributed by atoms with Gasteiger partial charge in [-0.25, -0.2) is 9.59 Å². The summed E-state index contributed by atoms with van der Waals surface area (Å²) < 4.78 is 4.81. The van der Waals surface area contributed by atoms with Gasteiger partial charge in [0, 0.05) is 0 Å².